The molecule has 0 saturated heterocycles. The number of hydrogen-bond donors (Lipinski definition) is 0. The maximum absolute atomic E-state index is 5.70. The van der Waals surface area contributed by atoms with Crippen LogP contribution in [0.15, 0.2) is 55.8 Å². The van der Waals surface area contributed by atoms with Gasteiger partial charge in [0.15, 0.2) is 5.58 Å². The third-order valence-corrected chi connectivity index (χ3v) is 3.46. The molecule has 3 rings (SSSR count). The molecule has 0 saturated carbocycles. The van der Waals surface area contributed by atoms with Crippen LogP contribution < -0.4 is 0 Å². The van der Waals surface area contributed by atoms with Crippen LogP contribution in [0.1, 0.15) is 0 Å². The Hall–Kier alpha value is -1.13. The van der Waals surface area contributed by atoms with Crippen LogP contribution in [0.2, 0.25) is 0 Å². The first-order valence-corrected chi connectivity index (χ1v) is 6.63. The Labute approximate surface area is 115 Å². The Kier molecular flexibility index (Phi) is 2.76. The van der Waals surface area contributed by atoms with Gasteiger partial charge in [-0.3, -0.25) is 0 Å². The molecule has 2 nitrogen and oxygen atoms in total. The van der Waals surface area contributed by atoms with Crippen LogP contribution in [0.4, 0.5) is 0 Å². The molecular weight excluding hydrogens is 346 g/mol. The van der Waals surface area contributed by atoms with E-state index in [1.54, 1.807) is 0 Å². The lowest BCUT2D eigenvalue weighted by Crippen LogP contribution is -1.75. The minimum absolute atomic E-state index is 0.644. The van der Waals surface area contributed by atoms with Gasteiger partial charge in [0.25, 0.3) is 0 Å². The zero-order valence-electron chi connectivity index (χ0n) is 8.65. The van der Waals surface area contributed by atoms with Gasteiger partial charge in [-0.2, -0.15) is 0 Å². The lowest BCUT2D eigenvalue weighted by Gasteiger charge is -1.94. The minimum atomic E-state index is 0.644. The summed E-state index contributed by atoms with van der Waals surface area (Å²) >= 11 is 6.82. The van der Waals surface area contributed by atoms with Gasteiger partial charge >= 0.3 is 0 Å². The molecule has 0 N–H and O–H groups in total. The summed E-state index contributed by atoms with van der Waals surface area (Å²) in [6, 6.07) is 13.7. The highest BCUT2D eigenvalue weighted by molar-refractivity contribution is 9.10. The molecule has 3 aromatic rings. The van der Waals surface area contributed by atoms with E-state index in [1.807, 2.05) is 42.5 Å². The van der Waals surface area contributed by atoms with Crippen LogP contribution in [-0.2, 0) is 0 Å². The lowest BCUT2D eigenvalue weighted by atomic mass is 10.2. The zero-order valence-corrected chi connectivity index (χ0v) is 11.8. The average molecular weight is 353 g/mol. The highest BCUT2D eigenvalue weighted by Gasteiger charge is 2.07. The molecular formula is C13H7Br2NO. The quantitative estimate of drug-likeness (QED) is 0.614. The Morgan fingerprint density at radius 2 is 1.59 bits per heavy atom. The second-order valence-corrected chi connectivity index (χ2v) is 5.47. The van der Waals surface area contributed by atoms with Crippen LogP contribution in [0.3, 0.4) is 0 Å². The van der Waals surface area contributed by atoms with Gasteiger partial charge in [-0.1, -0.05) is 31.9 Å². The Morgan fingerprint density at radius 1 is 0.882 bits per heavy atom. The van der Waals surface area contributed by atoms with E-state index in [4.69, 9.17) is 4.42 Å². The number of aromatic nitrogens is 1. The highest BCUT2D eigenvalue weighted by atomic mass is 79.9. The van der Waals surface area contributed by atoms with Crippen LogP contribution in [-0.4, -0.2) is 4.98 Å². The molecule has 2 aromatic carbocycles. The van der Waals surface area contributed by atoms with Gasteiger partial charge in [0.2, 0.25) is 5.89 Å². The van der Waals surface area contributed by atoms with Crippen LogP contribution >= 0.6 is 31.9 Å². The van der Waals surface area contributed by atoms with Crippen molar-refractivity contribution in [1.29, 1.82) is 0 Å². The zero-order chi connectivity index (χ0) is 11.8. The molecule has 0 spiro atoms. The third-order valence-electron chi connectivity index (χ3n) is 2.44. The fourth-order valence-corrected chi connectivity index (χ4v) is 2.23. The van der Waals surface area contributed by atoms with Crippen molar-refractivity contribution in [3.63, 3.8) is 0 Å². The van der Waals surface area contributed by atoms with Gasteiger partial charge in [-0.15, -0.1) is 0 Å². The summed E-state index contributed by atoms with van der Waals surface area (Å²) in [5, 5.41) is 0. The molecule has 1 heterocycles. The molecule has 17 heavy (non-hydrogen) atoms. The topological polar surface area (TPSA) is 26.0 Å². The van der Waals surface area contributed by atoms with E-state index < -0.39 is 0 Å². The van der Waals surface area contributed by atoms with E-state index in [0.29, 0.717) is 5.89 Å². The number of nitrogens with zero attached hydrogens (tertiary/aromatic N) is 1. The molecule has 0 bridgehead atoms. The summed E-state index contributed by atoms with van der Waals surface area (Å²) < 4.78 is 7.74. The summed E-state index contributed by atoms with van der Waals surface area (Å²) in [4.78, 5) is 4.46. The van der Waals surface area contributed by atoms with Gasteiger partial charge in [0.05, 0.1) is 0 Å². The van der Waals surface area contributed by atoms with Crippen LogP contribution in [0.25, 0.3) is 22.6 Å². The first kappa shape index (κ1) is 11.0. The summed E-state index contributed by atoms with van der Waals surface area (Å²) in [7, 11) is 0. The van der Waals surface area contributed by atoms with Gasteiger partial charge in [0.1, 0.15) is 5.52 Å². The van der Waals surface area contributed by atoms with Crippen LogP contribution in [0, 0.1) is 0 Å². The number of halogens is 2. The van der Waals surface area contributed by atoms with Crippen molar-refractivity contribution < 1.29 is 4.42 Å². The van der Waals surface area contributed by atoms with Gasteiger partial charge < -0.3 is 4.42 Å². The van der Waals surface area contributed by atoms with E-state index in [9.17, 15) is 0 Å². The van der Waals surface area contributed by atoms with E-state index >= 15 is 0 Å². The number of rotatable bonds is 1. The molecule has 0 radical (unpaired) electrons. The van der Waals surface area contributed by atoms with Crippen molar-refractivity contribution in [3.05, 3.63) is 51.4 Å². The summed E-state index contributed by atoms with van der Waals surface area (Å²) in [5.41, 5.74) is 2.63. The fraction of sp³-hybridized carbons (Fsp3) is 0. The Balaban J connectivity index is 2.14. The maximum Gasteiger partial charge on any atom is 0.227 e. The number of oxazole rings is 1. The van der Waals surface area contributed by atoms with Gasteiger partial charge in [-0.25, -0.2) is 4.98 Å². The standard InChI is InChI=1S/C13H7Br2NO/c14-9-3-1-8(2-4-9)13-16-11-7-10(15)5-6-12(11)17-13/h1-7H. The van der Waals surface area contributed by atoms with E-state index in [2.05, 4.69) is 36.8 Å². The minimum Gasteiger partial charge on any atom is -0.436 e. The predicted molar refractivity (Wildman–Crippen MR) is 74.8 cm³/mol. The van der Waals surface area contributed by atoms with Crippen LogP contribution in [0.5, 0.6) is 0 Å². The second kappa shape index (κ2) is 4.27. The van der Waals surface area contributed by atoms with Crippen molar-refractivity contribution >= 4 is 43.0 Å². The van der Waals surface area contributed by atoms with Crippen molar-refractivity contribution in [1.82, 2.24) is 4.98 Å². The highest BCUT2D eigenvalue weighted by Crippen LogP contribution is 2.27. The summed E-state index contributed by atoms with van der Waals surface area (Å²) in [6.45, 7) is 0. The normalized spacial score (nSPS) is 10.9. The maximum atomic E-state index is 5.70. The molecule has 4 heteroatoms. The summed E-state index contributed by atoms with van der Waals surface area (Å²) in [6.07, 6.45) is 0. The lowest BCUT2D eigenvalue weighted by molar-refractivity contribution is 0.620. The molecule has 84 valence electrons. The Morgan fingerprint density at radius 3 is 2.35 bits per heavy atom. The molecule has 1 aromatic heterocycles. The predicted octanol–water partition coefficient (Wildman–Crippen LogP) is 5.02. The van der Waals surface area contributed by atoms with E-state index in [1.165, 1.54) is 0 Å². The van der Waals surface area contributed by atoms with Gasteiger partial charge in [-0.05, 0) is 42.5 Å². The molecule has 0 aliphatic carbocycles. The fourth-order valence-electron chi connectivity index (χ4n) is 1.62. The first-order valence-electron chi connectivity index (χ1n) is 5.04. The number of benzene rings is 2. The molecule has 0 atom stereocenters. The molecule has 0 fully saturated rings. The first-order chi connectivity index (χ1) is 8.22. The molecule has 0 unspecified atom stereocenters. The van der Waals surface area contributed by atoms with Gasteiger partial charge in [0, 0.05) is 14.5 Å². The smallest absolute Gasteiger partial charge is 0.227 e. The Bertz CT molecular complexity index is 673. The van der Waals surface area contributed by atoms with Crippen molar-refractivity contribution in [2.75, 3.05) is 0 Å². The molecule has 0 aliphatic heterocycles. The molecule has 0 amide bonds. The molecule has 0 aliphatic rings. The monoisotopic (exact) mass is 351 g/mol. The number of fused-ring (bicyclic) bond motifs is 1. The third kappa shape index (κ3) is 2.15. The van der Waals surface area contributed by atoms with E-state index in [-0.39, 0.29) is 0 Å². The van der Waals surface area contributed by atoms with E-state index in [0.717, 1.165) is 25.6 Å². The SMILES string of the molecule is Brc1ccc(-c2nc3cc(Br)ccc3o2)cc1. The van der Waals surface area contributed by atoms with Crippen molar-refractivity contribution in [3.8, 4) is 11.5 Å². The second-order valence-electron chi connectivity index (χ2n) is 3.64. The average Bonchev–Trinajstić information content (AvgIpc) is 2.72. The largest absolute Gasteiger partial charge is 0.436 e. The number of hydrogen-bond acceptors (Lipinski definition) is 2. The van der Waals surface area contributed by atoms with Crippen molar-refractivity contribution in [2.45, 2.75) is 0 Å². The summed E-state index contributed by atoms with van der Waals surface area (Å²) in [5.74, 6) is 0.644. The van der Waals surface area contributed by atoms with Crippen molar-refractivity contribution in [2.24, 2.45) is 0 Å².